The SMILES string of the molecule is CCC(=O)N1N=C2c3ccc(OC)cc3CC[C@H]2[C@H]1c1ccc(OC)cc1. The summed E-state index contributed by atoms with van der Waals surface area (Å²) in [6.45, 7) is 1.88. The number of amides is 1. The predicted molar refractivity (Wildman–Crippen MR) is 104 cm³/mol. The van der Waals surface area contributed by atoms with Crippen molar-refractivity contribution >= 4 is 11.6 Å². The fraction of sp³-hybridized carbons (Fsp3) is 0.364. The van der Waals surface area contributed by atoms with E-state index < -0.39 is 0 Å². The number of carbonyl (C=O) groups is 1. The van der Waals surface area contributed by atoms with Crippen LogP contribution in [0.1, 0.15) is 42.5 Å². The maximum absolute atomic E-state index is 12.7. The van der Waals surface area contributed by atoms with Gasteiger partial charge in [-0.25, -0.2) is 5.01 Å². The van der Waals surface area contributed by atoms with Crippen molar-refractivity contribution in [2.45, 2.75) is 32.2 Å². The van der Waals surface area contributed by atoms with E-state index in [1.165, 1.54) is 5.56 Å². The highest BCUT2D eigenvalue weighted by Gasteiger charge is 2.43. The van der Waals surface area contributed by atoms with Crippen molar-refractivity contribution in [2.75, 3.05) is 14.2 Å². The van der Waals surface area contributed by atoms with Gasteiger partial charge in [0.15, 0.2) is 0 Å². The van der Waals surface area contributed by atoms with Crippen LogP contribution in [0.5, 0.6) is 11.5 Å². The molecule has 4 rings (SSSR count). The van der Waals surface area contributed by atoms with E-state index in [1.807, 2.05) is 37.3 Å². The highest BCUT2D eigenvalue weighted by atomic mass is 16.5. The van der Waals surface area contributed by atoms with Crippen molar-refractivity contribution in [3.05, 3.63) is 59.2 Å². The number of hydrogen-bond donors (Lipinski definition) is 0. The molecule has 0 bridgehead atoms. The third kappa shape index (κ3) is 2.97. The van der Waals surface area contributed by atoms with Crippen LogP contribution in [0.3, 0.4) is 0 Å². The van der Waals surface area contributed by atoms with Crippen LogP contribution in [0.15, 0.2) is 47.6 Å². The quantitative estimate of drug-likeness (QED) is 0.825. The number of hydrazone groups is 1. The Morgan fingerprint density at radius 3 is 2.48 bits per heavy atom. The third-order valence-corrected chi connectivity index (χ3v) is 5.54. The Labute approximate surface area is 159 Å². The molecule has 140 valence electrons. The summed E-state index contributed by atoms with van der Waals surface area (Å²) >= 11 is 0. The van der Waals surface area contributed by atoms with E-state index in [0.717, 1.165) is 41.2 Å². The number of methoxy groups -OCH3 is 2. The number of hydrogen-bond acceptors (Lipinski definition) is 4. The molecule has 1 amide bonds. The largest absolute Gasteiger partial charge is 0.497 e. The number of benzene rings is 2. The molecule has 5 heteroatoms. The topological polar surface area (TPSA) is 51.1 Å². The number of rotatable bonds is 4. The molecule has 0 radical (unpaired) electrons. The second kappa shape index (κ2) is 7.06. The van der Waals surface area contributed by atoms with Crippen LogP contribution in [0.25, 0.3) is 0 Å². The Balaban J connectivity index is 1.76. The van der Waals surface area contributed by atoms with E-state index in [9.17, 15) is 4.79 Å². The molecular weight excluding hydrogens is 340 g/mol. The Hall–Kier alpha value is -2.82. The predicted octanol–water partition coefficient (Wildman–Crippen LogP) is 3.96. The summed E-state index contributed by atoms with van der Waals surface area (Å²) in [5.74, 6) is 1.92. The fourth-order valence-electron chi connectivity index (χ4n) is 4.13. The minimum atomic E-state index is -0.0615. The van der Waals surface area contributed by atoms with E-state index in [-0.39, 0.29) is 17.9 Å². The van der Waals surface area contributed by atoms with Crippen molar-refractivity contribution in [1.29, 1.82) is 0 Å². The Kier molecular flexibility index (Phi) is 4.60. The van der Waals surface area contributed by atoms with E-state index in [0.29, 0.717) is 6.42 Å². The maximum atomic E-state index is 12.7. The van der Waals surface area contributed by atoms with Crippen LogP contribution >= 0.6 is 0 Å². The third-order valence-electron chi connectivity index (χ3n) is 5.54. The Morgan fingerprint density at radius 2 is 1.81 bits per heavy atom. The molecule has 0 N–H and O–H groups in total. The first kappa shape index (κ1) is 17.6. The van der Waals surface area contributed by atoms with Gasteiger partial charge < -0.3 is 9.47 Å². The molecule has 2 aromatic rings. The van der Waals surface area contributed by atoms with Gasteiger partial charge in [-0.1, -0.05) is 19.1 Å². The zero-order valence-corrected chi connectivity index (χ0v) is 15.9. The minimum Gasteiger partial charge on any atom is -0.497 e. The van der Waals surface area contributed by atoms with Crippen LogP contribution < -0.4 is 9.47 Å². The summed E-state index contributed by atoms with van der Waals surface area (Å²) < 4.78 is 10.6. The van der Waals surface area contributed by atoms with Crippen LogP contribution in [0.4, 0.5) is 0 Å². The lowest BCUT2D eigenvalue weighted by Crippen LogP contribution is -2.31. The van der Waals surface area contributed by atoms with Gasteiger partial charge in [0.05, 0.1) is 26.0 Å². The number of aryl methyl sites for hydroxylation is 1. The molecule has 2 aliphatic rings. The lowest BCUT2D eigenvalue weighted by molar-refractivity contribution is -0.133. The summed E-state index contributed by atoms with van der Waals surface area (Å²) in [6, 6.07) is 14.0. The zero-order chi connectivity index (χ0) is 19.0. The molecule has 1 aliphatic carbocycles. The first-order valence-corrected chi connectivity index (χ1v) is 9.38. The molecule has 0 fully saturated rings. The summed E-state index contributed by atoms with van der Waals surface area (Å²) in [7, 11) is 3.34. The number of ether oxygens (including phenoxy) is 2. The van der Waals surface area contributed by atoms with Gasteiger partial charge in [0.25, 0.3) is 0 Å². The Bertz CT molecular complexity index is 889. The molecule has 0 saturated heterocycles. The monoisotopic (exact) mass is 364 g/mol. The molecule has 0 unspecified atom stereocenters. The van der Waals surface area contributed by atoms with Crippen LogP contribution in [0.2, 0.25) is 0 Å². The first-order chi connectivity index (χ1) is 13.2. The highest BCUT2D eigenvalue weighted by molar-refractivity contribution is 6.07. The fourth-order valence-corrected chi connectivity index (χ4v) is 4.13. The molecule has 5 nitrogen and oxygen atoms in total. The Morgan fingerprint density at radius 1 is 1.11 bits per heavy atom. The molecule has 2 aromatic carbocycles. The molecular formula is C22H24N2O3. The first-order valence-electron chi connectivity index (χ1n) is 9.38. The molecule has 1 aliphatic heterocycles. The molecule has 0 aromatic heterocycles. The average molecular weight is 364 g/mol. The van der Waals surface area contributed by atoms with E-state index in [4.69, 9.17) is 14.6 Å². The van der Waals surface area contributed by atoms with Gasteiger partial charge in [0.2, 0.25) is 5.91 Å². The van der Waals surface area contributed by atoms with Gasteiger partial charge >= 0.3 is 0 Å². The smallest absolute Gasteiger partial charge is 0.242 e. The van der Waals surface area contributed by atoms with E-state index in [2.05, 4.69) is 12.1 Å². The average Bonchev–Trinajstić information content (AvgIpc) is 3.12. The van der Waals surface area contributed by atoms with Crippen molar-refractivity contribution in [2.24, 2.45) is 11.0 Å². The standard InChI is InChI=1S/C22H24N2O3/c1-4-20(25)24-22(14-5-8-16(26-2)9-6-14)19-11-7-15-13-17(27-3)10-12-18(15)21(19)23-24/h5-6,8-10,12-13,19,22H,4,7,11H2,1-3H3/t19-,22-/m1/s1. The van der Waals surface area contributed by atoms with E-state index in [1.54, 1.807) is 19.2 Å². The second-order valence-electron chi connectivity index (χ2n) is 6.96. The lowest BCUT2D eigenvalue weighted by Gasteiger charge is -2.29. The van der Waals surface area contributed by atoms with Crippen molar-refractivity contribution in [3.63, 3.8) is 0 Å². The normalized spacial score (nSPS) is 20.6. The highest BCUT2D eigenvalue weighted by Crippen LogP contribution is 2.44. The lowest BCUT2D eigenvalue weighted by atomic mass is 9.77. The van der Waals surface area contributed by atoms with Crippen molar-refractivity contribution < 1.29 is 14.3 Å². The number of carbonyl (C=O) groups excluding carboxylic acids is 1. The van der Waals surface area contributed by atoms with E-state index >= 15 is 0 Å². The van der Waals surface area contributed by atoms with Crippen LogP contribution in [0, 0.1) is 5.92 Å². The molecule has 2 atom stereocenters. The van der Waals surface area contributed by atoms with Gasteiger partial charge in [-0.2, -0.15) is 5.10 Å². The number of nitrogens with zero attached hydrogens (tertiary/aromatic N) is 2. The van der Waals surface area contributed by atoms with Gasteiger partial charge in [-0.05, 0) is 54.3 Å². The van der Waals surface area contributed by atoms with Crippen molar-refractivity contribution in [3.8, 4) is 11.5 Å². The molecule has 1 heterocycles. The molecule has 0 saturated carbocycles. The van der Waals surface area contributed by atoms with Crippen molar-refractivity contribution in [1.82, 2.24) is 5.01 Å². The summed E-state index contributed by atoms with van der Waals surface area (Å²) in [4.78, 5) is 12.7. The maximum Gasteiger partial charge on any atom is 0.242 e. The summed E-state index contributed by atoms with van der Waals surface area (Å²) in [5.41, 5.74) is 4.49. The minimum absolute atomic E-state index is 0.0489. The van der Waals surface area contributed by atoms with Gasteiger partial charge in [0.1, 0.15) is 11.5 Å². The molecule has 0 spiro atoms. The second-order valence-corrected chi connectivity index (χ2v) is 6.96. The summed E-state index contributed by atoms with van der Waals surface area (Å²) in [6.07, 6.45) is 2.35. The summed E-state index contributed by atoms with van der Waals surface area (Å²) in [5, 5.41) is 6.50. The van der Waals surface area contributed by atoms with Crippen LogP contribution in [-0.2, 0) is 11.2 Å². The van der Waals surface area contributed by atoms with Gasteiger partial charge in [0, 0.05) is 17.9 Å². The number of fused-ring (bicyclic) bond motifs is 3. The van der Waals surface area contributed by atoms with Gasteiger partial charge in [-0.15, -0.1) is 0 Å². The van der Waals surface area contributed by atoms with Gasteiger partial charge in [-0.3, -0.25) is 4.79 Å². The molecule has 27 heavy (non-hydrogen) atoms. The zero-order valence-electron chi connectivity index (χ0n) is 15.9. The van der Waals surface area contributed by atoms with Crippen LogP contribution in [-0.4, -0.2) is 30.8 Å².